The second-order valence-corrected chi connectivity index (χ2v) is 7.01. The van der Waals surface area contributed by atoms with Crippen LogP contribution in [0.2, 0.25) is 0 Å². The summed E-state index contributed by atoms with van der Waals surface area (Å²) in [6, 6.07) is 0. The van der Waals surface area contributed by atoms with Gasteiger partial charge in [0.2, 0.25) is 0 Å². The molecule has 2 rings (SSSR count). The maximum Gasteiger partial charge on any atom is 0.0843 e. The van der Waals surface area contributed by atoms with Crippen LogP contribution in [0.5, 0.6) is 0 Å². The van der Waals surface area contributed by atoms with Crippen LogP contribution in [0.3, 0.4) is 0 Å². The Morgan fingerprint density at radius 3 is 2.71 bits per heavy atom. The molecule has 3 unspecified atom stereocenters. The lowest BCUT2D eigenvalue weighted by atomic mass is 9.63. The SMILES string of the molecule is CCC1CNCC2(CCCCC2C(C)(C)C)O1. The Bertz CT molecular complexity index is 254. The Morgan fingerprint density at radius 1 is 1.29 bits per heavy atom. The summed E-state index contributed by atoms with van der Waals surface area (Å²) < 4.78 is 6.54. The maximum atomic E-state index is 6.54. The van der Waals surface area contributed by atoms with Crippen LogP contribution in [-0.4, -0.2) is 24.8 Å². The topological polar surface area (TPSA) is 21.3 Å². The van der Waals surface area contributed by atoms with Gasteiger partial charge in [-0.1, -0.05) is 40.5 Å². The average molecular weight is 239 g/mol. The molecule has 0 amide bonds. The maximum absolute atomic E-state index is 6.54. The van der Waals surface area contributed by atoms with Crippen molar-refractivity contribution >= 4 is 0 Å². The van der Waals surface area contributed by atoms with Crippen LogP contribution in [0.4, 0.5) is 0 Å². The van der Waals surface area contributed by atoms with E-state index in [-0.39, 0.29) is 5.60 Å². The molecule has 3 atom stereocenters. The Labute approximate surface area is 107 Å². The monoisotopic (exact) mass is 239 g/mol. The molecular formula is C15H29NO. The Morgan fingerprint density at radius 2 is 2.06 bits per heavy atom. The van der Waals surface area contributed by atoms with Gasteiger partial charge in [0.25, 0.3) is 0 Å². The minimum atomic E-state index is 0.120. The molecule has 1 aliphatic carbocycles. The first-order valence-corrected chi connectivity index (χ1v) is 7.36. The van der Waals surface area contributed by atoms with E-state index < -0.39 is 0 Å². The minimum Gasteiger partial charge on any atom is -0.369 e. The molecule has 2 nitrogen and oxygen atoms in total. The normalized spacial score (nSPS) is 39.5. The highest BCUT2D eigenvalue weighted by molar-refractivity contribution is 5.01. The van der Waals surface area contributed by atoms with Crippen LogP contribution >= 0.6 is 0 Å². The molecule has 100 valence electrons. The van der Waals surface area contributed by atoms with Gasteiger partial charge in [-0.3, -0.25) is 0 Å². The summed E-state index contributed by atoms with van der Waals surface area (Å²) in [5.74, 6) is 0.700. The fourth-order valence-electron chi connectivity index (χ4n) is 3.87. The smallest absolute Gasteiger partial charge is 0.0843 e. The lowest BCUT2D eigenvalue weighted by Gasteiger charge is -2.53. The van der Waals surface area contributed by atoms with Gasteiger partial charge in [0.1, 0.15) is 0 Å². The summed E-state index contributed by atoms with van der Waals surface area (Å²) in [6.07, 6.45) is 6.85. The molecule has 2 fully saturated rings. The predicted octanol–water partition coefficient (Wildman–Crippen LogP) is 3.36. The molecule has 0 aromatic rings. The zero-order valence-electron chi connectivity index (χ0n) is 12.0. The van der Waals surface area contributed by atoms with E-state index in [0.29, 0.717) is 17.4 Å². The van der Waals surface area contributed by atoms with Crippen molar-refractivity contribution in [1.29, 1.82) is 0 Å². The summed E-state index contributed by atoms with van der Waals surface area (Å²) in [6.45, 7) is 11.5. The quantitative estimate of drug-likeness (QED) is 0.757. The summed E-state index contributed by atoms with van der Waals surface area (Å²) in [4.78, 5) is 0. The van der Waals surface area contributed by atoms with Crippen LogP contribution in [-0.2, 0) is 4.74 Å². The fraction of sp³-hybridized carbons (Fsp3) is 1.00. The number of rotatable bonds is 1. The third-order valence-electron chi connectivity index (χ3n) is 4.68. The van der Waals surface area contributed by atoms with Crippen LogP contribution in [0.15, 0.2) is 0 Å². The minimum absolute atomic E-state index is 0.120. The van der Waals surface area contributed by atoms with Crippen LogP contribution < -0.4 is 5.32 Å². The molecule has 0 radical (unpaired) electrons. The van der Waals surface area contributed by atoms with E-state index in [1.54, 1.807) is 0 Å². The van der Waals surface area contributed by atoms with E-state index in [1.165, 1.54) is 25.7 Å². The number of ether oxygens (including phenoxy) is 1. The summed E-state index contributed by atoms with van der Waals surface area (Å²) in [5.41, 5.74) is 0.479. The van der Waals surface area contributed by atoms with Gasteiger partial charge in [0.05, 0.1) is 11.7 Å². The predicted molar refractivity (Wildman–Crippen MR) is 72.2 cm³/mol. The van der Waals surface area contributed by atoms with Gasteiger partial charge in [-0.25, -0.2) is 0 Å². The Hall–Kier alpha value is -0.0800. The van der Waals surface area contributed by atoms with Gasteiger partial charge in [-0.2, -0.15) is 0 Å². The number of nitrogens with one attached hydrogen (secondary N) is 1. The summed E-state index contributed by atoms with van der Waals surface area (Å²) >= 11 is 0. The first kappa shape index (κ1) is 13.4. The standard InChI is InChI=1S/C15H29NO/c1-5-12-10-16-11-15(17-12)9-7-6-8-13(15)14(2,3)4/h12-13,16H,5-11H2,1-4H3. The number of morpholine rings is 1. The molecule has 17 heavy (non-hydrogen) atoms. The molecule has 1 saturated carbocycles. The van der Waals surface area contributed by atoms with Crippen molar-refractivity contribution < 1.29 is 4.74 Å². The van der Waals surface area contributed by atoms with Gasteiger partial charge in [0, 0.05) is 13.1 Å². The Balaban J connectivity index is 2.18. The molecule has 2 heteroatoms. The van der Waals surface area contributed by atoms with Crippen molar-refractivity contribution in [2.45, 2.75) is 71.5 Å². The van der Waals surface area contributed by atoms with E-state index in [0.717, 1.165) is 19.5 Å². The van der Waals surface area contributed by atoms with Crippen LogP contribution in [0.1, 0.15) is 59.8 Å². The average Bonchev–Trinajstić information content (AvgIpc) is 2.28. The fourth-order valence-corrected chi connectivity index (χ4v) is 3.87. The highest BCUT2D eigenvalue weighted by Gasteiger charge is 2.49. The van der Waals surface area contributed by atoms with Gasteiger partial charge >= 0.3 is 0 Å². The molecule has 1 heterocycles. The van der Waals surface area contributed by atoms with Crippen molar-refractivity contribution in [2.24, 2.45) is 11.3 Å². The summed E-state index contributed by atoms with van der Waals surface area (Å²) in [7, 11) is 0. The lowest BCUT2D eigenvalue weighted by Crippen LogP contribution is -2.61. The van der Waals surface area contributed by atoms with E-state index in [4.69, 9.17) is 4.74 Å². The van der Waals surface area contributed by atoms with E-state index in [9.17, 15) is 0 Å². The van der Waals surface area contributed by atoms with Gasteiger partial charge in [-0.05, 0) is 30.6 Å². The van der Waals surface area contributed by atoms with Gasteiger partial charge < -0.3 is 10.1 Å². The highest BCUT2D eigenvalue weighted by atomic mass is 16.5. The third-order valence-corrected chi connectivity index (χ3v) is 4.68. The Kier molecular flexibility index (Phi) is 3.84. The first-order valence-electron chi connectivity index (χ1n) is 7.36. The molecule has 0 bridgehead atoms. The van der Waals surface area contributed by atoms with E-state index in [1.807, 2.05) is 0 Å². The molecule has 1 N–H and O–H groups in total. The molecule has 1 spiro atoms. The second kappa shape index (κ2) is 4.89. The molecule has 1 saturated heterocycles. The molecule has 0 aromatic carbocycles. The van der Waals surface area contributed by atoms with Crippen LogP contribution in [0.25, 0.3) is 0 Å². The van der Waals surface area contributed by atoms with E-state index in [2.05, 4.69) is 33.0 Å². The zero-order chi connectivity index (χ0) is 12.5. The number of hydrogen-bond acceptors (Lipinski definition) is 2. The van der Waals surface area contributed by atoms with Gasteiger partial charge in [0.15, 0.2) is 0 Å². The zero-order valence-corrected chi connectivity index (χ0v) is 12.0. The van der Waals surface area contributed by atoms with Crippen molar-refractivity contribution in [2.75, 3.05) is 13.1 Å². The van der Waals surface area contributed by atoms with Crippen molar-refractivity contribution in [1.82, 2.24) is 5.32 Å². The lowest BCUT2D eigenvalue weighted by molar-refractivity contribution is -0.184. The number of hydrogen-bond donors (Lipinski definition) is 1. The van der Waals surface area contributed by atoms with Crippen molar-refractivity contribution in [3.05, 3.63) is 0 Å². The molecule has 0 aromatic heterocycles. The van der Waals surface area contributed by atoms with E-state index >= 15 is 0 Å². The second-order valence-electron chi connectivity index (χ2n) is 7.01. The highest BCUT2D eigenvalue weighted by Crippen LogP contribution is 2.47. The summed E-state index contributed by atoms with van der Waals surface area (Å²) in [5, 5.41) is 3.62. The molecule has 1 aliphatic heterocycles. The first-order chi connectivity index (χ1) is 7.98. The van der Waals surface area contributed by atoms with Crippen molar-refractivity contribution in [3.8, 4) is 0 Å². The largest absolute Gasteiger partial charge is 0.369 e. The van der Waals surface area contributed by atoms with Crippen LogP contribution in [0, 0.1) is 11.3 Å². The van der Waals surface area contributed by atoms with Crippen molar-refractivity contribution in [3.63, 3.8) is 0 Å². The molecule has 2 aliphatic rings. The molecular weight excluding hydrogens is 210 g/mol. The van der Waals surface area contributed by atoms with Gasteiger partial charge in [-0.15, -0.1) is 0 Å². The third kappa shape index (κ3) is 2.68.